The van der Waals surface area contributed by atoms with Crippen molar-refractivity contribution in [3.8, 4) is 17.2 Å². The molecule has 0 aliphatic carbocycles. The maximum Gasteiger partial charge on any atom is 0.204 e. The molecule has 0 amide bonds. The maximum atomic E-state index is 10.9. The van der Waals surface area contributed by atoms with Gasteiger partial charge in [-0.05, 0) is 6.07 Å². The molecule has 0 spiro atoms. The zero-order chi connectivity index (χ0) is 10.3. The minimum Gasteiger partial charge on any atom is -0.489 e. The number of carbonyl (C=O) groups is 1. The van der Waals surface area contributed by atoms with Gasteiger partial charge in [0.1, 0.15) is 13.2 Å². The lowest BCUT2D eigenvalue weighted by atomic mass is 10.1. The molecule has 0 N–H and O–H groups in total. The van der Waals surface area contributed by atoms with Gasteiger partial charge >= 0.3 is 0 Å². The van der Waals surface area contributed by atoms with Crippen LogP contribution in [0, 0.1) is 0 Å². The average Bonchev–Trinajstić information content (AvgIpc) is 2.76. The Bertz CT molecular complexity index is 425. The van der Waals surface area contributed by atoms with E-state index in [9.17, 15) is 4.79 Å². The molecule has 0 saturated heterocycles. The standard InChI is InChI=1S/C11H10O4/c12-6-8-5-7-1-2-13-9(7)11-10(8)14-3-4-15-11/h5-6H,1-4H2. The Morgan fingerprint density at radius 1 is 1.00 bits per heavy atom. The highest BCUT2D eigenvalue weighted by molar-refractivity contribution is 5.84. The fraction of sp³-hybridized carbons (Fsp3) is 0.364. The molecule has 3 rings (SSSR count). The highest BCUT2D eigenvalue weighted by Crippen LogP contribution is 2.46. The molecule has 15 heavy (non-hydrogen) atoms. The fourth-order valence-electron chi connectivity index (χ4n) is 1.96. The van der Waals surface area contributed by atoms with Crippen molar-refractivity contribution in [3.63, 3.8) is 0 Å². The largest absolute Gasteiger partial charge is 0.489 e. The molecular weight excluding hydrogens is 196 g/mol. The quantitative estimate of drug-likeness (QED) is 0.648. The summed E-state index contributed by atoms with van der Waals surface area (Å²) in [4.78, 5) is 10.9. The van der Waals surface area contributed by atoms with Crippen molar-refractivity contribution in [2.45, 2.75) is 6.42 Å². The Morgan fingerprint density at radius 2 is 1.73 bits per heavy atom. The summed E-state index contributed by atoms with van der Waals surface area (Å²) in [6.45, 7) is 1.63. The van der Waals surface area contributed by atoms with Gasteiger partial charge in [0.15, 0.2) is 17.8 Å². The van der Waals surface area contributed by atoms with Gasteiger partial charge in [-0.2, -0.15) is 0 Å². The molecule has 0 aromatic heterocycles. The number of carbonyl (C=O) groups excluding carboxylic acids is 1. The van der Waals surface area contributed by atoms with Gasteiger partial charge in [0.05, 0.1) is 12.2 Å². The maximum absolute atomic E-state index is 10.9. The van der Waals surface area contributed by atoms with E-state index in [1.165, 1.54) is 0 Å². The van der Waals surface area contributed by atoms with Gasteiger partial charge in [0.25, 0.3) is 0 Å². The van der Waals surface area contributed by atoms with Crippen LogP contribution in [0.5, 0.6) is 17.2 Å². The molecular formula is C11H10O4. The number of hydrogen-bond donors (Lipinski definition) is 0. The number of rotatable bonds is 1. The lowest BCUT2D eigenvalue weighted by Crippen LogP contribution is -2.17. The van der Waals surface area contributed by atoms with Gasteiger partial charge in [0.2, 0.25) is 5.75 Å². The Morgan fingerprint density at radius 3 is 2.53 bits per heavy atom. The topological polar surface area (TPSA) is 44.8 Å². The van der Waals surface area contributed by atoms with Crippen molar-refractivity contribution in [1.29, 1.82) is 0 Å². The first-order valence-electron chi connectivity index (χ1n) is 4.93. The first-order chi connectivity index (χ1) is 7.40. The van der Waals surface area contributed by atoms with Crippen LogP contribution < -0.4 is 14.2 Å². The molecule has 0 atom stereocenters. The molecule has 0 fully saturated rings. The van der Waals surface area contributed by atoms with Crippen molar-refractivity contribution < 1.29 is 19.0 Å². The van der Waals surface area contributed by atoms with E-state index in [0.717, 1.165) is 24.0 Å². The summed E-state index contributed by atoms with van der Waals surface area (Å²) >= 11 is 0. The van der Waals surface area contributed by atoms with Crippen LogP contribution in [0.2, 0.25) is 0 Å². The monoisotopic (exact) mass is 206 g/mol. The zero-order valence-electron chi connectivity index (χ0n) is 8.12. The van der Waals surface area contributed by atoms with E-state index in [1.54, 1.807) is 0 Å². The lowest BCUT2D eigenvalue weighted by Gasteiger charge is -2.21. The molecule has 0 saturated carbocycles. The van der Waals surface area contributed by atoms with Gasteiger partial charge in [-0.1, -0.05) is 0 Å². The molecule has 2 aliphatic rings. The Hall–Kier alpha value is -1.71. The van der Waals surface area contributed by atoms with Crippen molar-refractivity contribution in [2.24, 2.45) is 0 Å². The van der Waals surface area contributed by atoms with Crippen molar-refractivity contribution >= 4 is 6.29 Å². The summed E-state index contributed by atoms with van der Waals surface area (Å²) in [5, 5.41) is 0. The van der Waals surface area contributed by atoms with Crippen LogP contribution in [0.15, 0.2) is 6.07 Å². The third kappa shape index (κ3) is 1.17. The fourth-order valence-corrected chi connectivity index (χ4v) is 1.96. The summed E-state index contributed by atoms with van der Waals surface area (Å²) < 4.78 is 16.4. The average molecular weight is 206 g/mol. The smallest absolute Gasteiger partial charge is 0.204 e. The molecule has 0 unspecified atom stereocenters. The van der Waals surface area contributed by atoms with Crippen LogP contribution in [-0.2, 0) is 6.42 Å². The molecule has 78 valence electrons. The Balaban J connectivity index is 2.24. The van der Waals surface area contributed by atoms with Crippen molar-refractivity contribution in [2.75, 3.05) is 19.8 Å². The Kier molecular flexibility index (Phi) is 1.80. The van der Waals surface area contributed by atoms with Crippen LogP contribution in [0.4, 0.5) is 0 Å². The molecule has 0 radical (unpaired) electrons. The number of ether oxygens (including phenoxy) is 3. The SMILES string of the molecule is O=Cc1cc2c(c3c1OCCO3)OCC2. The third-order valence-corrected chi connectivity index (χ3v) is 2.62. The van der Waals surface area contributed by atoms with Crippen LogP contribution in [0.3, 0.4) is 0 Å². The summed E-state index contributed by atoms with van der Waals surface area (Å²) in [6, 6.07) is 1.82. The second-order valence-electron chi connectivity index (χ2n) is 3.53. The van der Waals surface area contributed by atoms with Crippen molar-refractivity contribution in [3.05, 3.63) is 17.2 Å². The van der Waals surface area contributed by atoms with Crippen LogP contribution in [-0.4, -0.2) is 26.1 Å². The van der Waals surface area contributed by atoms with E-state index in [0.29, 0.717) is 36.9 Å². The lowest BCUT2D eigenvalue weighted by molar-refractivity contribution is 0.111. The second-order valence-corrected chi connectivity index (χ2v) is 3.53. The van der Waals surface area contributed by atoms with E-state index in [2.05, 4.69) is 0 Å². The number of aldehydes is 1. The normalized spacial score (nSPS) is 16.8. The van der Waals surface area contributed by atoms with Gasteiger partial charge in [-0.25, -0.2) is 0 Å². The predicted octanol–water partition coefficient (Wildman–Crippen LogP) is 1.21. The molecule has 2 heterocycles. The molecule has 4 heteroatoms. The minimum atomic E-state index is 0.479. The molecule has 0 bridgehead atoms. The van der Waals surface area contributed by atoms with Crippen LogP contribution in [0.25, 0.3) is 0 Å². The Labute approximate surface area is 86.7 Å². The number of fused-ring (bicyclic) bond motifs is 3. The second kappa shape index (κ2) is 3.15. The predicted molar refractivity (Wildman–Crippen MR) is 52.0 cm³/mol. The summed E-state index contributed by atoms with van der Waals surface area (Å²) in [5.41, 5.74) is 1.58. The number of hydrogen-bond acceptors (Lipinski definition) is 4. The van der Waals surface area contributed by atoms with Crippen LogP contribution >= 0.6 is 0 Å². The van der Waals surface area contributed by atoms with E-state index in [1.807, 2.05) is 6.07 Å². The molecule has 2 aliphatic heterocycles. The van der Waals surface area contributed by atoms with Gasteiger partial charge in [-0.3, -0.25) is 4.79 Å². The van der Waals surface area contributed by atoms with E-state index in [4.69, 9.17) is 14.2 Å². The zero-order valence-corrected chi connectivity index (χ0v) is 8.12. The summed E-state index contributed by atoms with van der Waals surface area (Å²) in [7, 11) is 0. The van der Waals surface area contributed by atoms with E-state index in [-0.39, 0.29) is 0 Å². The first-order valence-corrected chi connectivity index (χ1v) is 4.93. The third-order valence-electron chi connectivity index (χ3n) is 2.62. The summed E-state index contributed by atoms with van der Waals surface area (Å²) in [6.07, 6.45) is 1.62. The highest BCUT2D eigenvalue weighted by atomic mass is 16.6. The van der Waals surface area contributed by atoms with Crippen LogP contribution in [0.1, 0.15) is 15.9 Å². The molecule has 1 aromatic rings. The molecule has 4 nitrogen and oxygen atoms in total. The van der Waals surface area contributed by atoms with Crippen molar-refractivity contribution in [1.82, 2.24) is 0 Å². The van der Waals surface area contributed by atoms with Gasteiger partial charge in [-0.15, -0.1) is 0 Å². The van der Waals surface area contributed by atoms with E-state index >= 15 is 0 Å². The van der Waals surface area contributed by atoms with E-state index < -0.39 is 0 Å². The van der Waals surface area contributed by atoms with Gasteiger partial charge in [0, 0.05) is 12.0 Å². The molecule has 1 aromatic carbocycles. The summed E-state index contributed by atoms with van der Waals surface area (Å²) in [5.74, 6) is 1.87. The first kappa shape index (κ1) is 8.59. The number of benzene rings is 1. The van der Waals surface area contributed by atoms with Gasteiger partial charge < -0.3 is 14.2 Å². The minimum absolute atomic E-state index is 0.479. The highest BCUT2D eigenvalue weighted by Gasteiger charge is 2.27.